The Morgan fingerprint density at radius 1 is 1.40 bits per heavy atom. The van der Waals surface area contributed by atoms with E-state index in [1.165, 1.54) is 0 Å². The van der Waals surface area contributed by atoms with Crippen molar-refractivity contribution in [3.8, 4) is 0 Å². The molecule has 0 spiro atoms. The number of benzene rings is 1. The summed E-state index contributed by atoms with van der Waals surface area (Å²) in [4.78, 5) is 11.0. The van der Waals surface area contributed by atoms with Crippen LogP contribution < -0.4 is 0 Å². The molecule has 0 aliphatic heterocycles. The maximum absolute atomic E-state index is 14.2. The lowest BCUT2D eigenvalue weighted by atomic mass is 9.90. The van der Waals surface area contributed by atoms with Gasteiger partial charge in [-0.15, -0.1) is 0 Å². The Hall–Kier alpha value is -2.00. The molecule has 0 fully saturated rings. The lowest BCUT2D eigenvalue weighted by molar-refractivity contribution is -0.104. The Morgan fingerprint density at radius 3 is 2.70 bits per heavy atom. The van der Waals surface area contributed by atoms with Crippen LogP contribution in [0, 0.1) is 0 Å². The Bertz CT molecular complexity index is 570. The zero-order chi connectivity index (χ0) is 14.5. The van der Waals surface area contributed by atoms with Crippen LogP contribution in [0.5, 0.6) is 0 Å². The molecule has 0 heterocycles. The van der Waals surface area contributed by atoms with Crippen LogP contribution in [-0.4, -0.2) is 12.4 Å². The lowest BCUT2D eigenvalue weighted by Gasteiger charge is -2.24. The van der Waals surface area contributed by atoms with Gasteiger partial charge < -0.3 is 4.74 Å². The van der Waals surface area contributed by atoms with Crippen LogP contribution in [-0.2, 0) is 16.1 Å². The molecule has 2 nitrogen and oxygen atoms in total. The number of allylic oxidation sites excluding steroid dienone is 3. The molecular weight excluding hydrogens is 255 g/mol. The molecule has 0 bridgehead atoms. The van der Waals surface area contributed by atoms with Gasteiger partial charge in [0.05, 0.1) is 6.61 Å². The van der Waals surface area contributed by atoms with Gasteiger partial charge in [-0.05, 0) is 23.6 Å². The summed E-state index contributed by atoms with van der Waals surface area (Å²) in [6.07, 6.45) is 1.97. The van der Waals surface area contributed by atoms with E-state index in [0.717, 1.165) is 11.1 Å². The van der Waals surface area contributed by atoms with Gasteiger partial charge in [-0.3, -0.25) is 4.79 Å². The third-order valence-corrected chi connectivity index (χ3v) is 3.45. The maximum atomic E-state index is 14.2. The quantitative estimate of drug-likeness (QED) is 0.760. The third-order valence-electron chi connectivity index (χ3n) is 3.45. The molecule has 1 aliphatic carbocycles. The summed E-state index contributed by atoms with van der Waals surface area (Å²) in [6, 6.07) is 9.60. The summed E-state index contributed by atoms with van der Waals surface area (Å²) in [5.74, 6) is -0.367. The van der Waals surface area contributed by atoms with E-state index in [0.29, 0.717) is 30.5 Å². The second kappa shape index (κ2) is 6.44. The highest BCUT2D eigenvalue weighted by Crippen LogP contribution is 2.32. The third kappa shape index (κ3) is 2.94. The van der Waals surface area contributed by atoms with Gasteiger partial charge in [0.15, 0.2) is 6.29 Å². The second-order valence-corrected chi connectivity index (χ2v) is 4.72. The van der Waals surface area contributed by atoms with Gasteiger partial charge >= 0.3 is 0 Å². The molecule has 1 aromatic rings. The molecule has 0 radical (unpaired) electrons. The summed E-state index contributed by atoms with van der Waals surface area (Å²) >= 11 is 0. The van der Waals surface area contributed by atoms with E-state index in [1.807, 2.05) is 30.3 Å². The van der Waals surface area contributed by atoms with E-state index >= 15 is 0 Å². The van der Waals surface area contributed by atoms with Gasteiger partial charge in [-0.1, -0.05) is 43.0 Å². The smallest absolute Gasteiger partial charge is 0.150 e. The highest BCUT2D eigenvalue weighted by atomic mass is 19.1. The summed E-state index contributed by atoms with van der Waals surface area (Å²) in [5.41, 5.74) is 2.46. The van der Waals surface area contributed by atoms with Crippen molar-refractivity contribution in [3.63, 3.8) is 0 Å². The zero-order valence-corrected chi connectivity index (χ0v) is 11.4. The number of carbonyl (C=O) groups is 1. The van der Waals surface area contributed by atoms with Crippen LogP contribution in [0.1, 0.15) is 18.9 Å². The number of halogens is 1. The highest BCUT2D eigenvalue weighted by molar-refractivity contribution is 5.83. The summed E-state index contributed by atoms with van der Waals surface area (Å²) in [7, 11) is 0. The zero-order valence-electron chi connectivity index (χ0n) is 11.4. The normalized spacial score (nSPS) is 19.2. The average molecular weight is 272 g/mol. The maximum Gasteiger partial charge on any atom is 0.150 e. The lowest BCUT2D eigenvalue weighted by Crippen LogP contribution is -2.21. The molecule has 0 N–H and O–H groups in total. The first-order valence-corrected chi connectivity index (χ1v) is 6.50. The number of hydrogen-bond donors (Lipinski definition) is 0. The van der Waals surface area contributed by atoms with Crippen LogP contribution >= 0.6 is 0 Å². The largest absolute Gasteiger partial charge is 0.366 e. The number of aldehydes is 1. The van der Waals surface area contributed by atoms with E-state index in [4.69, 9.17) is 4.74 Å². The van der Waals surface area contributed by atoms with E-state index in [2.05, 4.69) is 6.58 Å². The minimum Gasteiger partial charge on any atom is -0.366 e. The average Bonchev–Trinajstić information content (AvgIpc) is 2.49. The van der Waals surface area contributed by atoms with Crippen LogP contribution in [0.25, 0.3) is 0 Å². The topological polar surface area (TPSA) is 26.3 Å². The number of ether oxygens (including phenoxy) is 1. The molecule has 0 amide bonds. The number of carbonyl (C=O) groups excluding carboxylic acids is 1. The van der Waals surface area contributed by atoms with Crippen LogP contribution in [0.15, 0.2) is 65.5 Å². The van der Waals surface area contributed by atoms with Crippen LogP contribution in [0.3, 0.4) is 0 Å². The van der Waals surface area contributed by atoms with Crippen molar-refractivity contribution in [1.29, 1.82) is 0 Å². The fourth-order valence-electron chi connectivity index (χ4n) is 2.27. The first-order valence-electron chi connectivity index (χ1n) is 6.50. The molecule has 20 heavy (non-hydrogen) atoms. The summed E-state index contributed by atoms with van der Waals surface area (Å²) in [6.45, 7) is 5.62. The van der Waals surface area contributed by atoms with Crippen molar-refractivity contribution in [2.75, 3.05) is 0 Å². The van der Waals surface area contributed by atoms with Gasteiger partial charge in [0, 0.05) is 12.0 Å². The number of rotatable bonds is 5. The van der Waals surface area contributed by atoms with E-state index in [1.54, 1.807) is 13.0 Å². The second-order valence-electron chi connectivity index (χ2n) is 4.72. The molecule has 0 aromatic heterocycles. The highest BCUT2D eigenvalue weighted by Gasteiger charge is 2.27. The molecule has 0 saturated carbocycles. The van der Waals surface area contributed by atoms with Crippen molar-refractivity contribution in [2.45, 2.75) is 26.1 Å². The standard InChI is InChI=1S/C17H17FO2/c1-3-14-9-16(17(18)12(2)15(14)10-19)20-11-13-7-5-4-6-8-13/h3-8,10,16H,1,9,11H2,2H3/t16-/m1/s1. The van der Waals surface area contributed by atoms with Crippen molar-refractivity contribution < 1.29 is 13.9 Å². The van der Waals surface area contributed by atoms with E-state index < -0.39 is 6.10 Å². The van der Waals surface area contributed by atoms with Gasteiger partial charge in [-0.25, -0.2) is 4.39 Å². The first kappa shape index (κ1) is 14.4. The Kier molecular flexibility index (Phi) is 4.64. The fraction of sp³-hybridized carbons (Fsp3) is 0.235. The van der Waals surface area contributed by atoms with Crippen LogP contribution in [0.4, 0.5) is 4.39 Å². The molecule has 1 atom stereocenters. The Morgan fingerprint density at radius 2 is 2.10 bits per heavy atom. The minimum absolute atomic E-state index is 0.340. The molecule has 0 saturated heterocycles. The predicted octanol–water partition coefficient (Wildman–Crippen LogP) is 3.90. The van der Waals surface area contributed by atoms with Crippen LogP contribution in [0.2, 0.25) is 0 Å². The summed E-state index contributed by atoms with van der Waals surface area (Å²) in [5, 5.41) is 0. The van der Waals surface area contributed by atoms with Crippen molar-refractivity contribution in [1.82, 2.24) is 0 Å². The van der Waals surface area contributed by atoms with Gasteiger partial charge in [0.25, 0.3) is 0 Å². The molecule has 104 valence electrons. The molecular formula is C17H17FO2. The van der Waals surface area contributed by atoms with E-state index in [9.17, 15) is 9.18 Å². The monoisotopic (exact) mass is 272 g/mol. The molecule has 2 rings (SSSR count). The first-order chi connectivity index (χ1) is 9.67. The molecule has 0 unspecified atom stereocenters. The Labute approximate surface area is 118 Å². The van der Waals surface area contributed by atoms with Crippen molar-refractivity contribution in [2.24, 2.45) is 0 Å². The van der Waals surface area contributed by atoms with E-state index in [-0.39, 0.29) is 5.83 Å². The van der Waals surface area contributed by atoms with Crippen molar-refractivity contribution >= 4 is 6.29 Å². The summed E-state index contributed by atoms with van der Waals surface area (Å²) < 4.78 is 19.9. The number of hydrogen-bond acceptors (Lipinski definition) is 2. The Balaban J connectivity index is 2.13. The van der Waals surface area contributed by atoms with Gasteiger partial charge in [0.1, 0.15) is 11.9 Å². The van der Waals surface area contributed by atoms with Gasteiger partial charge in [-0.2, -0.15) is 0 Å². The van der Waals surface area contributed by atoms with Gasteiger partial charge in [0.2, 0.25) is 0 Å². The van der Waals surface area contributed by atoms with Crippen molar-refractivity contribution in [3.05, 3.63) is 71.1 Å². The minimum atomic E-state index is -0.646. The fourth-order valence-corrected chi connectivity index (χ4v) is 2.27. The molecule has 3 heteroatoms. The predicted molar refractivity (Wildman–Crippen MR) is 76.7 cm³/mol. The molecule has 1 aliphatic rings. The molecule has 1 aromatic carbocycles. The SMILES string of the molecule is C=CC1=C(C=O)C(C)=C(F)[C@H](OCc2ccccc2)C1.